The van der Waals surface area contributed by atoms with Crippen molar-refractivity contribution in [3.05, 3.63) is 64.2 Å². The molecule has 0 aliphatic carbocycles. The van der Waals surface area contributed by atoms with Crippen LogP contribution in [0, 0.1) is 13.8 Å². The van der Waals surface area contributed by atoms with Crippen LogP contribution in [-0.4, -0.2) is 39.6 Å². The molecule has 206 valence electrons. The van der Waals surface area contributed by atoms with Gasteiger partial charge in [-0.15, -0.1) is 0 Å². The highest BCUT2D eigenvalue weighted by atomic mass is 16.5. The summed E-state index contributed by atoms with van der Waals surface area (Å²) >= 11 is 0. The Labute approximate surface area is 223 Å². The van der Waals surface area contributed by atoms with E-state index in [0.717, 1.165) is 49.8 Å². The molecule has 0 spiro atoms. The number of carboxylic acid groups (broad SMARTS) is 1. The molecule has 0 fully saturated rings. The van der Waals surface area contributed by atoms with Crippen molar-refractivity contribution in [1.29, 1.82) is 0 Å². The van der Waals surface area contributed by atoms with Crippen molar-refractivity contribution in [2.75, 3.05) is 6.61 Å². The van der Waals surface area contributed by atoms with Crippen molar-refractivity contribution >= 4 is 5.97 Å². The van der Waals surface area contributed by atoms with Crippen LogP contribution in [0.3, 0.4) is 0 Å². The zero-order valence-electron chi connectivity index (χ0n) is 23.8. The first-order chi connectivity index (χ1) is 17.5. The number of benzene rings is 2. The second-order valence-corrected chi connectivity index (χ2v) is 10.6. The van der Waals surface area contributed by atoms with Crippen molar-refractivity contribution in [1.82, 2.24) is 0 Å². The van der Waals surface area contributed by atoms with Crippen LogP contribution in [0.5, 0.6) is 5.75 Å². The van der Waals surface area contributed by atoms with Gasteiger partial charge < -0.3 is 20.1 Å². The maximum atomic E-state index is 10.7. The molecule has 0 aliphatic heterocycles. The number of carboxylic acids is 1. The van der Waals surface area contributed by atoms with Gasteiger partial charge in [0.05, 0.1) is 11.7 Å². The molecule has 2 rings (SSSR count). The fourth-order valence-corrected chi connectivity index (χ4v) is 5.35. The summed E-state index contributed by atoms with van der Waals surface area (Å²) in [5.41, 5.74) is 5.45. The SMILES string of the molecule is CCC(O)(CC)CCc1ccc(C(CC)(CC)c2ccc(OCC(O)CCCC(=O)O)c(C)c2)cc1C. The lowest BCUT2D eigenvalue weighted by atomic mass is 9.69. The smallest absolute Gasteiger partial charge is 0.303 e. The number of hydrogen-bond donors (Lipinski definition) is 3. The Bertz CT molecular complexity index is 1000. The number of aliphatic hydroxyl groups excluding tert-OH is 1. The molecule has 2 aromatic carbocycles. The molecule has 0 aliphatic rings. The normalized spacial score (nSPS) is 13.0. The van der Waals surface area contributed by atoms with E-state index in [1.54, 1.807) is 0 Å². The van der Waals surface area contributed by atoms with Gasteiger partial charge in [-0.25, -0.2) is 0 Å². The van der Waals surface area contributed by atoms with Crippen LogP contribution in [0.1, 0.15) is 107 Å². The fraction of sp³-hybridized carbons (Fsp3) is 0.594. The molecule has 2 aromatic rings. The molecule has 0 amide bonds. The zero-order chi connectivity index (χ0) is 27.6. The van der Waals surface area contributed by atoms with Crippen LogP contribution in [0.15, 0.2) is 36.4 Å². The molecule has 1 atom stereocenters. The number of ether oxygens (including phenoxy) is 1. The monoisotopic (exact) mass is 512 g/mol. The van der Waals surface area contributed by atoms with E-state index in [4.69, 9.17) is 9.84 Å². The quantitative estimate of drug-likeness (QED) is 0.228. The van der Waals surface area contributed by atoms with Crippen molar-refractivity contribution in [3.63, 3.8) is 0 Å². The Morgan fingerprint density at radius 1 is 0.919 bits per heavy atom. The van der Waals surface area contributed by atoms with E-state index >= 15 is 0 Å². The zero-order valence-corrected chi connectivity index (χ0v) is 23.8. The molecule has 5 nitrogen and oxygen atoms in total. The van der Waals surface area contributed by atoms with E-state index < -0.39 is 17.7 Å². The molecule has 0 bridgehead atoms. The maximum absolute atomic E-state index is 10.7. The molecule has 0 saturated heterocycles. The van der Waals surface area contributed by atoms with Gasteiger partial charge in [0.2, 0.25) is 0 Å². The van der Waals surface area contributed by atoms with Crippen LogP contribution in [0.25, 0.3) is 0 Å². The third-order valence-electron chi connectivity index (χ3n) is 8.36. The number of rotatable bonds is 16. The number of hydrogen-bond acceptors (Lipinski definition) is 4. The number of aryl methyl sites for hydroxylation is 3. The summed E-state index contributed by atoms with van der Waals surface area (Å²) in [6.07, 6.45) is 5.36. The summed E-state index contributed by atoms with van der Waals surface area (Å²) in [5, 5.41) is 29.6. The minimum Gasteiger partial charge on any atom is -0.491 e. The minimum atomic E-state index is -0.847. The fourth-order valence-electron chi connectivity index (χ4n) is 5.35. The first-order valence-corrected chi connectivity index (χ1v) is 14.0. The van der Waals surface area contributed by atoms with Crippen LogP contribution >= 0.6 is 0 Å². The largest absolute Gasteiger partial charge is 0.491 e. The highest BCUT2D eigenvalue weighted by Crippen LogP contribution is 2.41. The van der Waals surface area contributed by atoms with Crippen molar-refractivity contribution in [2.45, 2.75) is 116 Å². The Balaban J connectivity index is 2.21. The Morgan fingerprint density at radius 3 is 2.03 bits per heavy atom. The van der Waals surface area contributed by atoms with Crippen molar-refractivity contribution in [2.24, 2.45) is 0 Å². The first-order valence-electron chi connectivity index (χ1n) is 14.0. The van der Waals surface area contributed by atoms with E-state index in [-0.39, 0.29) is 18.4 Å². The number of carbonyl (C=O) groups is 1. The molecule has 0 saturated carbocycles. The van der Waals surface area contributed by atoms with Gasteiger partial charge in [0.25, 0.3) is 0 Å². The molecule has 1 unspecified atom stereocenters. The highest BCUT2D eigenvalue weighted by molar-refractivity contribution is 5.66. The van der Waals surface area contributed by atoms with Crippen LogP contribution in [-0.2, 0) is 16.6 Å². The van der Waals surface area contributed by atoms with E-state index in [1.165, 1.54) is 22.3 Å². The Hall–Kier alpha value is -2.37. The van der Waals surface area contributed by atoms with Crippen LogP contribution in [0.2, 0.25) is 0 Å². The highest BCUT2D eigenvalue weighted by Gasteiger charge is 2.31. The number of aliphatic hydroxyl groups is 2. The summed E-state index contributed by atoms with van der Waals surface area (Å²) in [6.45, 7) is 12.9. The molecule has 37 heavy (non-hydrogen) atoms. The summed E-state index contributed by atoms with van der Waals surface area (Å²) in [6, 6.07) is 13.2. The summed E-state index contributed by atoms with van der Waals surface area (Å²) < 4.78 is 5.89. The predicted octanol–water partition coefficient (Wildman–Crippen LogP) is 6.89. The van der Waals surface area contributed by atoms with Crippen molar-refractivity contribution in [3.8, 4) is 5.75 Å². The molecule has 0 heterocycles. The van der Waals surface area contributed by atoms with E-state index in [1.807, 2.05) is 13.0 Å². The second-order valence-electron chi connectivity index (χ2n) is 10.6. The van der Waals surface area contributed by atoms with E-state index in [9.17, 15) is 15.0 Å². The summed E-state index contributed by atoms with van der Waals surface area (Å²) in [4.78, 5) is 10.7. The lowest BCUT2D eigenvalue weighted by molar-refractivity contribution is -0.137. The average Bonchev–Trinajstić information content (AvgIpc) is 2.88. The molecule has 5 heteroatoms. The van der Waals surface area contributed by atoms with Crippen molar-refractivity contribution < 1.29 is 24.9 Å². The van der Waals surface area contributed by atoms with E-state index in [0.29, 0.717) is 12.8 Å². The van der Waals surface area contributed by atoms with Gasteiger partial charge in [-0.2, -0.15) is 0 Å². The first kappa shape index (κ1) is 30.9. The predicted molar refractivity (Wildman–Crippen MR) is 151 cm³/mol. The molecule has 3 N–H and O–H groups in total. The Morgan fingerprint density at radius 2 is 1.51 bits per heavy atom. The van der Waals surface area contributed by atoms with Gasteiger partial charge in [0, 0.05) is 11.8 Å². The second kappa shape index (κ2) is 14.0. The van der Waals surface area contributed by atoms with Gasteiger partial charge in [-0.3, -0.25) is 4.79 Å². The third-order valence-corrected chi connectivity index (χ3v) is 8.36. The Kier molecular flexibility index (Phi) is 11.6. The molecule has 0 radical (unpaired) electrons. The lowest BCUT2D eigenvalue weighted by Gasteiger charge is -2.34. The topological polar surface area (TPSA) is 87.0 Å². The lowest BCUT2D eigenvalue weighted by Crippen LogP contribution is -2.28. The van der Waals surface area contributed by atoms with Gasteiger partial charge >= 0.3 is 5.97 Å². The van der Waals surface area contributed by atoms with E-state index in [2.05, 4.69) is 65.0 Å². The third kappa shape index (κ3) is 8.05. The summed E-state index contributed by atoms with van der Waals surface area (Å²) in [5.74, 6) is -0.104. The molecular formula is C32H48O5. The van der Waals surface area contributed by atoms with Gasteiger partial charge in [-0.05, 0) is 99.1 Å². The van der Waals surface area contributed by atoms with Crippen LogP contribution < -0.4 is 4.74 Å². The van der Waals surface area contributed by atoms with Gasteiger partial charge in [0.1, 0.15) is 12.4 Å². The minimum absolute atomic E-state index is 0.0566. The van der Waals surface area contributed by atoms with Gasteiger partial charge in [0.15, 0.2) is 0 Å². The molecular weight excluding hydrogens is 464 g/mol. The standard InChI is InChI=1S/C32H48O5/c1-7-31(36,8-2)19-18-25-14-15-26(20-23(25)5)32(9-3,10-4)27-16-17-29(24(6)21-27)37-22-28(33)12-11-13-30(34)35/h14-17,20-21,28,33,36H,7-13,18-19,22H2,1-6H3,(H,34,35). The maximum Gasteiger partial charge on any atom is 0.303 e. The average molecular weight is 513 g/mol. The molecule has 0 aromatic heterocycles. The number of aliphatic carboxylic acids is 1. The van der Waals surface area contributed by atoms with Crippen LogP contribution in [0.4, 0.5) is 0 Å². The summed E-state index contributed by atoms with van der Waals surface area (Å²) in [7, 11) is 0. The van der Waals surface area contributed by atoms with Gasteiger partial charge in [-0.1, -0.05) is 58.0 Å².